The lowest BCUT2D eigenvalue weighted by atomic mass is 10.1. The molecule has 0 N–H and O–H groups in total. The molecule has 1 saturated heterocycles. The molecule has 4 aromatic rings. The maximum atomic E-state index is 12.4. The van der Waals surface area contributed by atoms with E-state index < -0.39 is 5.60 Å². The van der Waals surface area contributed by atoms with Gasteiger partial charge in [-0.15, -0.1) is 0 Å². The number of carbonyl (C=O) groups excluding carboxylic acids is 1. The number of benzene rings is 2. The molecule has 1 aliphatic heterocycles. The third kappa shape index (κ3) is 6.85. The van der Waals surface area contributed by atoms with Gasteiger partial charge in [-0.3, -0.25) is 4.90 Å². The summed E-state index contributed by atoms with van der Waals surface area (Å²) in [6, 6.07) is 17.8. The fourth-order valence-electron chi connectivity index (χ4n) is 4.49. The molecule has 0 radical (unpaired) electrons. The summed E-state index contributed by atoms with van der Waals surface area (Å²) in [6.45, 7) is 10.5. The average molecular weight is 549 g/mol. The monoisotopic (exact) mass is 548 g/mol. The van der Waals surface area contributed by atoms with Crippen molar-refractivity contribution in [3.63, 3.8) is 0 Å². The normalized spacial score (nSPS) is 14.5. The molecule has 0 saturated carbocycles. The third-order valence-corrected chi connectivity index (χ3v) is 6.64. The lowest BCUT2D eigenvalue weighted by Gasteiger charge is -2.35. The molecule has 0 atom stereocenters. The molecular formula is C29H33ClN6O3. The maximum absolute atomic E-state index is 12.4. The van der Waals surface area contributed by atoms with Crippen molar-refractivity contribution in [3.8, 4) is 17.0 Å². The van der Waals surface area contributed by atoms with Gasteiger partial charge in [0.1, 0.15) is 29.2 Å². The summed E-state index contributed by atoms with van der Waals surface area (Å²) in [6.07, 6.45) is 1.53. The number of hydrogen-bond acceptors (Lipinski definition) is 7. The number of ether oxygens (including phenoxy) is 2. The van der Waals surface area contributed by atoms with Crippen LogP contribution in [0, 0.1) is 0 Å². The number of halogens is 1. The van der Waals surface area contributed by atoms with Crippen LogP contribution in [0.25, 0.3) is 22.4 Å². The van der Waals surface area contributed by atoms with E-state index in [4.69, 9.17) is 21.1 Å². The first-order valence-corrected chi connectivity index (χ1v) is 13.5. The second-order valence-corrected chi connectivity index (χ2v) is 10.9. The summed E-state index contributed by atoms with van der Waals surface area (Å²) in [4.78, 5) is 30.1. The smallest absolute Gasteiger partial charge is 0.410 e. The van der Waals surface area contributed by atoms with Gasteiger partial charge in [-0.1, -0.05) is 42.5 Å². The van der Waals surface area contributed by atoms with E-state index in [1.54, 1.807) is 11.2 Å². The van der Waals surface area contributed by atoms with Crippen molar-refractivity contribution >= 4 is 28.9 Å². The van der Waals surface area contributed by atoms with Crippen molar-refractivity contribution in [2.24, 2.45) is 0 Å². The Bertz CT molecular complexity index is 1430. The Morgan fingerprint density at radius 1 is 0.974 bits per heavy atom. The molecule has 39 heavy (non-hydrogen) atoms. The average Bonchev–Trinajstić information content (AvgIpc) is 3.33. The summed E-state index contributed by atoms with van der Waals surface area (Å²) in [5.41, 5.74) is 3.51. The third-order valence-electron chi connectivity index (χ3n) is 6.47. The molecule has 10 heteroatoms. The zero-order valence-corrected chi connectivity index (χ0v) is 23.3. The minimum atomic E-state index is -0.491. The van der Waals surface area contributed by atoms with Gasteiger partial charge in [0.2, 0.25) is 5.28 Å². The molecule has 2 aromatic heterocycles. The number of aromatic nitrogens is 4. The largest absolute Gasteiger partial charge is 0.489 e. The Hall–Kier alpha value is -3.69. The van der Waals surface area contributed by atoms with Gasteiger partial charge in [0.05, 0.1) is 6.33 Å². The van der Waals surface area contributed by atoms with E-state index in [1.807, 2.05) is 79.9 Å². The van der Waals surface area contributed by atoms with E-state index in [0.29, 0.717) is 43.1 Å². The maximum Gasteiger partial charge on any atom is 0.410 e. The van der Waals surface area contributed by atoms with E-state index in [1.165, 1.54) is 0 Å². The molecule has 1 aliphatic rings. The molecule has 204 valence electrons. The van der Waals surface area contributed by atoms with Crippen LogP contribution in [-0.4, -0.2) is 73.7 Å². The van der Waals surface area contributed by atoms with E-state index in [-0.39, 0.29) is 11.4 Å². The summed E-state index contributed by atoms with van der Waals surface area (Å²) in [5, 5.41) is 0.167. The van der Waals surface area contributed by atoms with Crippen LogP contribution >= 0.6 is 11.6 Å². The first-order valence-electron chi connectivity index (χ1n) is 13.1. The number of nitrogens with zero attached hydrogens (tertiary/aromatic N) is 6. The fraction of sp³-hybridized carbons (Fsp3) is 0.379. The van der Waals surface area contributed by atoms with Gasteiger partial charge in [-0.25, -0.2) is 14.8 Å². The zero-order chi connectivity index (χ0) is 27.4. The van der Waals surface area contributed by atoms with Gasteiger partial charge in [0.25, 0.3) is 0 Å². The van der Waals surface area contributed by atoms with Gasteiger partial charge >= 0.3 is 6.09 Å². The molecule has 0 spiro atoms. The highest BCUT2D eigenvalue weighted by molar-refractivity contribution is 6.28. The topological polar surface area (TPSA) is 85.6 Å². The Labute approximate surface area is 233 Å². The van der Waals surface area contributed by atoms with Crippen LogP contribution in [0.15, 0.2) is 60.9 Å². The minimum Gasteiger partial charge on any atom is -0.489 e. The van der Waals surface area contributed by atoms with E-state index in [2.05, 4.69) is 19.9 Å². The van der Waals surface area contributed by atoms with Crippen LogP contribution in [0.3, 0.4) is 0 Å². The molecule has 5 rings (SSSR count). The van der Waals surface area contributed by atoms with Gasteiger partial charge in [0.15, 0.2) is 5.65 Å². The van der Waals surface area contributed by atoms with Gasteiger partial charge in [0, 0.05) is 44.8 Å². The lowest BCUT2D eigenvalue weighted by Crippen LogP contribution is -2.50. The Kier molecular flexibility index (Phi) is 7.99. The number of hydrogen-bond donors (Lipinski definition) is 0. The summed E-state index contributed by atoms with van der Waals surface area (Å²) in [7, 11) is 0. The highest BCUT2D eigenvalue weighted by Crippen LogP contribution is 2.29. The fourth-order valence-corrected chi connectivity index (χ4v) is 4.65. The van der Waals surface area contributed by atoms with E-state index >= 15 is 0 Å². The second-order valence-electron chi connectivity index (χ2n) is 10.6. The van der Waals surface area contributed by atoms with Crippen molar-refractivity contribution in [2.75, 3.05) is 32.7 Å². The van der Waals surface area contributed by atoms with Crippen molar-refractivity contribution in [1.29, 1.82) is 0 Å². The van der Waals surface area contributed by atoms with Crippen LogP contribution in [0.2, 0.25) is 5.28 Å². The van der Waals surface area contributed by atoms with E-state index in [9.17, 15) is 4.79 Å². The number of rotatable bonds is 7. The summed E-state index contributed by atoms with van der Waals surface area (Å²) in [5.74, 6) is 0.740. The highest BCUT2D eigenvalue weighted by Gasteiger charge is 2.26. The SMILES string of the molecule is CC(C)(C)OC(=O)N1CCN(CCn2cnc3c(-c4cccc(OCc5ccccc5)c4)nc(Cl)nc32)CC1. The standard InChI is InChI=1S/C29H33ClN6O3/c1-29(2,3)39-28(37)35-15-12-34(13-16-35)14-17-36-20-31-25-24(32-27(30)33-26(25)36)22-10-7-11-23(18-22)38-19-21-8-5-4-6-9-21/h4-11,18,20H,12-17,19H2,1-3H3. The number of carbonyl (C=O) groups is 1. The van der Waals surface area contributed by atoms with Crippen LogP contribution in [-0.2, 0) is 17.9 Å². The predicted octanol–water partition coefficient (Wildman–Crippen LogP) is 5.28. The van der Waals surface area contributed by atoms with Crippen LogP contribution in [0.5, 0.6) is 5.75 Å². The van der Waals surface area contributed by atoms with Gasteiger partial charge in [-0.2, -0.15) is 4.98 Å². The number of imidazole rings is 1. The molecule has 3 heterocycles. The first-order chi connectivity index (χ1) is 18.7. The van der Waals surface area contributed by atoms with E-state index in [0.717, 1.165) is 36.5 Å². The Morgan fingerprint density at radius 2 is 1.74 bits per heavy atom. The molecular weight excluding hydrogens is 516 g/mol. The molecule has 1 amide bonds. The molecule has 0 aliphatic carbocycles. The lowest BCUT2D eigenvalue weighted by molar-refractivity contribution is 0.0143. The number of amides is 1. The molecule has 1 fully saturated rings. The molecule has 0 unspecified atom stereocenters. The van der Waals surface area contributed by atoms with Crippen LogP contribution < -0.4 is 4.74 Å². The van der Waals surface area contributed by atoms with Crippen molar-refractivity contribution in [3.05, 3.63) is 71.8 Å². The minimum absolute atomic E-state index is 0.167. The quantitative estimate of drug-likeness (QED) is 0.290. The summed E-state index contributed by atoms with van der Waals surface area (Å²) < 4.78 is 13.5. The predicted molar refractivity (Wildman–Crippen MR) is 151 cm³/mol. The number of piperazine rings is 1. The number of fused-ring (bicyclic) bond motifs is 1. The summed E-state index contributed by atoms with van der Waals surface area (Å²) >= 11 is 6.37. The zero-order valence-electron chi connectivity index (χ0n) is 22.5. The van der Waals surface area contributed by atoms with Gasteiger partial charge < -0.3 is 18.9 Å². The first kappa shape index (κ1) is 26.9. The Morgan fingerprint density at radius 3 is 2.49 bits per heavy atom. The van der Waals surface area contributed by atoms with Crippen molar-refractivity contribution in [1.82, 2.24) is 29.3 Å². The molecule has 9 nitrogen and oxygen atoms in total. The van der Waals surface area contributed by atoms with Crippen molar-refractivity contribution < 1.29 is 14.3 Å². The van der Waals surface area contributed by atoms with Crippen LogP contribution in [0.4, 0.5) is 4.79 Å². The van der Waals surface area contributed by atoms with Gasteiger partial charge in [-0.05, 0) is 50.1 Å². The highest BCUT2D eigenvalue weighted by atomic mass is 35.5. The van der Waals surface area contributed by atoms with Crippen LogP contribution in [0.1, 0.15) is 26.3 Å². The van der Waals surface area contributed by atoms with Crippen molar-refractivity contribution in [2.45, 2.75) is 39.5 Å². The second kappa shape index (κ2) is 11.6. The molecule has 2 aromatic carbocycles. The molecule has 0 bridgehead atoms. The Balaban J connectivity index is 1.25.